The van der Waals surface area contributed by atoms with Crippen LogP contribution in [0.15, 0.2) is 41.9 Å². The standard InChI is InChI=1S/C16H21N3O/c1-4-11-18-16(17-6-3)19-13-14-9-7-8-10-15(14)20-12-5-2/h1,5,7-10H,2,6,11-13H2,3H3,(H2,17,18,19). The Bertz CT molecular complexity index is 489. The van der Waals surface area contributed by atoms with E-state index in [0.717, 1.165) is 17.9 Å². The molecule has 0 atom stereocenters. The third kappa shape index (κ3) is 5.49. The maximum Gasteiger partial charge on any atom is 0.192 e. The van der Waals surface area contributed by atoms with Gasteiger partial charge in [-0.25, -0.2) is 4.99 Å². The number of hydrogen-bond donors (Lipinski definition) is 2. The molecule has 0 saturated carbocycles. The Hall–Kier alpha value is -2.41. The van der Waals surface area contributed by atoms with Crippen molar-refractivity contribution in [2.45, 2.75) is 13.5 Å². The van der Waals surface area contributed by atoms with Crippen molar-refractivity contribution < 1.29 is 4.74 Å². The predicted molar refractivity (Wildman–Crippen MR) is 83.8 cm³/mol. The van der Waals surface area contributed by atoms with Crippen molar-refractivity contribution in [1.29, 1.82) is 0 Å². The van der Waals surface area contributed by atoms with E-state index in [0.29, 0.717) is 25.7 Å². The molecule has 20 heavy (non-hydrogen) atoms. The molecule has 0 saturated heterocycles. The third-order valence-corrected chi connectivity index (χ3v) is 2.44. The van der Waals surface area contributed by atoms with E-state index in [4.69, 9.17) is 11.2 Å². The van der Waals surface area contributed by atoms with Gasteiger partial charge in [0.05, 0.1) is 13.1 Å². The first-order valence-corrected chi connectivity index (χ1v) is 6.59. The summed E-state index contributed by atoms with van der Waals surface area (Å²) in [6, 6.07) is 7.82. The summed E-state index contributed by atoms with van der Waals surface area (Å²) in [4.78, 5) is 4.48. The highest BCUT2D eigenvalue weighted by Crippen LogP contribution is 2.18. The first kappa shape index (κ1) is 15.6. The maximum atomic E-state index is 5.60. The molecule has 4 nitrogen and oxygen atoms in total. The molecule has 0 bridgehead atoms. The van der Waals surface area contributed by atoms with Crippen LogP contribution in [0.4, 0.5) is 0 Å². The molecule has 0 aromatic heterocycles. The van der Waals surface area contributed by atoms with Gasteiger partial charge >= 0.3 is 0 Å². The van der Waals surface area contributed by atoms with Crippen LogP contribution in [0.1, 0.15) is 12.5 Å². The topological polar surface area (TPSA) is 45.7 Å². The Balaban J connectivity index is 2.74. The lowest BCUT2D eigenvalue weighted by atomic mass is 10.2. The molecule has 0 amide bonds. The van der Waals surface area contributed by atoms with E-state index in [1.54, 1.807) is 6.08 Å². The Morgan fingerprint density at radius 1 is 1.45 bits per heavy atom. The van der Waals surface area contributed by atoms with E-state index in [1.165, 1.54) is 0 Å². The molecule has 0 radical (unpaired) electrons. The van der Waals surface area contributed by atoms with Crippen LogP contribution in [0.5, 0.6) is 5.75 Å². The van der Waals surface area contributed by atoms with Crippen molar-refractivity contribution >= 4 is 5.96 Å². The number of nitrogens with one attached hydrogen (secondary N) is 2. The van der Waals surface area contributed by atoms with Gasteiger partial charge in [-0.2, -0.15) is 0 Å². The van der Waals surface area contributed by atoms with Crippen molar-refractivity contribution in [2.24, 2.45) is 4.99 Å². The first-order chi connectivity index (χ1) is 9.81. The van der Waals surface area contributed by atoms with Crippen molar-refractivity contribution in [3.05, 3.63) is 42.5 Å². The first-order valence-electron chi connectivity index (χ1n) is 6.59. The van der Waals surface area contributed by atoms with Gasteiger partial charge in [-0.05, 0) is 13.0 Å². The number of guanidine groups is 1. The van der Waals surface area contributed by atoms with Crippen LogP contribution in [0.3, 0.4) is 0 Å². The van der Waals surface area contributed by atoms with Crippen LogP contribution in [0.2, 0.25) is 0 Å². The van der Waals surface area contributed by atoms with Gasteiger partial charge in [0.15, 0.2) is 5.96 Å². The minimum atomic E-state index is 0.445. The molecule has 0 heterocycles. The highest BCUT2D eigenvalue weighted by molar-refractivity contribution is 5.80. The average molecular weight is 271 g/mol. The van der Waals surface area contributed by atoms with Gasteiger partial charge in [0.1, 0.15) is 12.4 Å². The smallest absolute Gasteiger partial charge is 0.192 e. The number of nitrogens with zero attached hydrogens (tertiary/aromatic N) is 1. The second-order valence-corrected chi connectivity index (χ2v) is 3.96. The SMILES string of the molecule is C#CCNC(=NCc1ccccc1OCC=C)NCC. The summed E-state index contributed by atoms with van der Waals surface area (Å²) in [6.45, 7) is 7.89. The molecule has 0 fully saturated rings. The van der Waals surface area contributed by atoms with Crippen LogP contribution in [-0.2, 0) is 6.54 Å². The Kier molecular flexibility index (Phi) is 7.44. The summed E-state index contributed by atoms with van der Waals surface area (Å²) < 4.78 is 5.60. The van der Waals surface area contributed by atoms with Gasteiger partial charge in [-0.1, -0.05) is 36.8 Å². The van der Waals surface area contributed by atoms with Gasteiger partial charge < -0.3 is 15.4 Å². The monoisotopic (exact) mass is 271 g/mol. The molecule has 1 aromatic rings. The van der Waals surface area contributed by atoms with E-state index in [-0.39, 0.29) is 0 Å². The van der Waals surface area contributed by atoms with Crippen molar-refractivity contribution in [3.8, 4) is 18.1 Å². The van der Waals surface area contributed by atoms with Crippen LogP contribution in [0.25, 0.3) is 0 Å². The molecule has 0 aliphatic rings. The molecule has 0 aliphatic carbocycles. The zero-order valence-electron chi connectivity index (χ0n) is 11.9. The van der Waals surface area contributed by atoms with Crippen LogP contribution >= 0.6 is 0 Å². The summed E-state index contributed by atoms with van der Waals surface area (Å²) in [5, 5.41) is 6.19. The normalized spacial score (nSPS) is 10.5. The zero-order valence-corrected chi connectivity index (χ0v) is 11.9. The predicted octanol–water partition coefficient (Wildman–Crippen LogP) is 1.94. The second kappa shape index (κ2) is 9.51. The van der Waals surface area contributed by atoms with E-state index < -0.39 is 0 Å². The number of hydrogen-bond acceptors (Lipinski definition) is 2. The van der Waals surface area contributed by atoms with Gasteiger partial charge in [0.2, 0.25) is 0 Å². The fraction of sp³-hybridized carbons (Fsp3) is 0.312. The molecule has 1 aromatic carbocycles. The lowest BCUT2D eigenvalue weighted by Gasteiger charge is -2.11. The van der Waals surface area contributed by atoms with E-state index >= 15 is 0 Å². The fourth-order valence-electron chi connectivity index (χ4n) is 1.56. The molecule has 1 rings (SSSR count). The van der Waals surface area contributed by atoms with Crippen LogP contribution in [-0.4, -0.2) is 25.7 Å². The van der Waals surface area contributed by atoms with Gasteiger partial charge in [-0.15, -0.1) is 6.42 Å². The Morgan fingerprint density at radius 3 is 2.95 bits per heavy atom. The largest absolute Gasteiger partial charge is 0.489 e. The molecular weight excluding hydrogens is 250 g/mol. The lowest BCUT2D eigenvalue weighted by molar-refractivity contribution is 0.359. The number of rotatable bonds is 7. The number of ether oxygens (including phenoxy) is 1. The van der Waals surface area contributed by atoms with E-state index in [9.17, 15) is 0 Å². The Labute approximate surface area is 120 Å². The minimum absolute atomic E-state index is 0.445. The number of para-hydroxylation sites is 1. The number of terminal acetylenes is 1. The van der Waals surface area contributed by atoms with Crippen molar-refractivity contribution in [2.75, 3.05) is 19.7 Å². The van der Waals surface area contributed by atoms with Gasteiger partial charge in [0, 0.05) is 12.1 Å². The van der Waals surface area contributed by atoms with Crippen molar-refractivity contribution in [3.63, 3.8) is 0 Å². The zero-order chi connectivity index (χ0) is 14.6. The van der Waals surface area contributed by atoms with Crippen molar-refractivity contribution in [1.82, 2.24) is 10.6 Å². The molecule has 0 aliphatic heterocycles. The Morgan fingerprint density at radius 2 is 2.25 bits per heavy atom. The van der Waals surface area contributed by atoms with Crippen LogP contribution < -0.4 is 15.4 Å². The molecule has 0 unspecified atom stereocenters. The number of benzene rings is 1. The minimum Gasteiger partial charge on any atom is -0.489 e. The third-order valence-electron chi connectivity index (χ3n) is 2.44. The van der Waals surface area contributed by atoms with E-state index in [2.05, 4.69) is 28.1 Å². The summed E-state index contributed by atoms with van der Waals surface area (Å²) in [7, 11) is 0. The summed E-state index contributed by atoms with van der Waals surface area (Å²) in [5.41, 5.74) is 1.02. The molecule has 106 valence electrons. The summed E-state index contributed by atoms with van der Waals surface area (Å²) in [5.74, 6) is 4.05. The van der Waals surface area contributed by atoms with Gasteiger partial charge in [0.25, 0.3) is 0 Å². The van der Waals surface area contributed by atoms with Gasteiger partial charge in [-0.3, -0.25) is 0 Å². The quantitative estimate of drug-likeness (QED) is 0.345. The molecule has 4 heteroatoms. The van der Waals surface area contributed by atoms with Crippen LogP contribution in [0, 0.1) is 12.3 Å². The highest BCUT2D eigenvalue weighted by Gasteiger charge is 2.02. The molecular formula is C16H21N3O. The average Bonchev–Trinajstić information content (AvgIpc) is 2.48. The van der Waals surface area contributed by atoms with E-state index in [1.807, 2.05) is 31.2 Å². The fourth-order valence-corrected chi connectivity index (χ4v) is 1.56. The summed E-state index contributed by atoms with van der Waals surface area (Å²) in [6.07, 6.45) is 6.96. The lowest BCUT2D eigenvalue weighted by Crippen LogP contribution is -2.37. The molecule has 2 N–H and O–H groups in total. The highest BCUT2D eigenvalue weighted by atomic mass is 16.5. The second-order valence-electron chi connectivity index (χ2n) is 3.96. The summed E-state index contributed by atoms with van der Waals surface area (Å²) >= 11 is 0. The number of aliphatic imine (C=N–C) groups is 1. The maximum absolute atomic E-state index is 5.60. The molecule has 0 spiro atoms.